The second kappa shape index (κ2) is 6.80. The zero-order valence-electron chi connectivity index (χ0n) is 13.6. The molecule has 0 bridgehead atoms. The lowest BCUT2D eigenvalue weighted by Crippen LogP contribution is -2.59. The Morgan fingerprint density at radius 1 is 1.15 bits per heavy atom. The normalized spacial score (nSPS) is 13.3. The van der Waals surface area contributed by atoms with Gasteiger partial charge in [-0.05, 0) is 57.4 Å². The third-order valence-corrected chi connectivity index (χ3v) is 12.3. The van der Waals surface area contributed by atoms with Crippen LogP contribution < -0.4 is 0 Å². The molecule has 0 saturated carbocycles. The third kappa shape index (κ3) is 3.03. The van der Waals surface area contributed by atoms with Crippen LogP contribution in [0.3, 0.4) is 0 Å². The molecule has 1 aromatic rings. The van der Waals surface area contributed by atoms with Crippen LogP contribution in [0.15, 0.2) is 22.7 Å². The van der Waals surface area contributed by atoms with E-state index < -0.39 is 8.32 Å². The lowest BCUT2D eigenvalue weighted by molar-refractivity contribution is 0.335. The Bertz CT molecular complexity index is 464. The van der Waals surface area contributed by atoms with Crippen molar-refractivity contribution in [3.8, 4) is 0 Å². The fraction of sp³-hybridized carbons (Fsp3) is 0.625. The van der Waals surface area contributed by atoms with E-state index >= 15 is 0 Å². The first-order valence-corrected chi connectivity index (χ1v) is 11.0. The summed E-state index contributed by atoms with van der Waals surface area (Å²) in [6.07, 6.45) is 0. The van der Waals surface area contributed by atoms with E-state index in [0.717, 1.165) is 0 Å². The summed E-state index contributed by atoms with van der Waals surface area (Å²) in [6.45, 7) is 14.0. The number of benzene rings is 1. The molecular formula is C16H26BrIOSi. The molecule has 1 aromatic carbocycles. The molecule has 0 unspecified atom stereocenters. The molecule has 0 spiro atoms. The van der Waals surface area contributed by atoms with Crippen LogP contribution in [-0.4, -0.2) is 15.4 Å². The van der Waals surface area contributed by atoms with Crippen LogP contribution in [0.1, 0.15) is 47.1 Å². The van der Waals surface area contributed by atoms with Gasteiger partial charge in [-0.3, -0.25) is 0 Å². The summed E-state index contributed by atoms with van der Waals surface area (Å²) in [7, 11) is -0.0678. The highest BCUT2D eigenvalue weighted by molar-refractivity contribution is 14.1. The summed E-state index contributed by atoms with van der Waals surface area (Å²) in [5.74, 6) is 0. The van der Waals surface area contributed by atoms with Crippen molar-refractivity contribution in [2.75, 3.05) is 7.11 Å². The van der Waals surface area contributed by atoms with Crippen LogP contribution in [0.2, 0.25) is 11.1 Å². The van der Waals surface area contributed by atoms with E-state index in [1.54, 1.807) is 0 Å². The number of rotatable bonds is 5. The SMILES string of the molecule is CO[Si](C(C)C)(C(C)C)C(C)(C)c1cc(I)ccc1Br. The quantitative estimate of drug-likeness (QED) is 0.364. The lowest BCUT2D eigenvalue weighted by Gasteiger charge is -2.49. The van der Waals surface area contributed by atoms with Crippen molar-refractivity contribution in [3.63, 3.8) is 0 Å². The van der Waals surface area contributed by atoms with E-state index in [4.69, 9.17) is 4.43 Å². The molecule has 0 aliphatic carbocycles. The van der Waals surface area contributed by atoms with Crippen LogP contribution in [0.25, 0.3) is 0 Å². The van der Waals surface area contributed by atoms with Gasteiger partial charge in [-0.25, -0.2) is 0 Å². The maximum Gasteiger partial charge on any atom is 0.207 e. The van der Waals surface area contributed by atoms with Gasteiger partial charge < -0.3 is 4.43 Å². The van der Waals surface area contributed by atoms with Crippen LogP contribution in [0.5, 0.6) is 0 Å². The van der Waals surface area contributed by atoms with Crippen molar-refractivity contribution >= 4 is 46.8 Å². The van der Waals surface area contributed by atoms with E-state index in [1.807, 2.05) is 7.11 Å². The van der Waals surface area contributed by atoms with Gasteiger partial charge in [-0.15, -0.1) is 0 Å². The zero-order valence-corrected chi connectivity index (χ0v) is 18.3. The molecule has 0 aromatic heterocycles. The standard InChI is InChI=1S/C16H26BrIOSi/c1-11(2)20(19-7,12(3)4)16(5,6)14-10-13(18)8-9-15(14)17/h8-12H,1-7H3. The third-order valence-electron chi connectivity index (χ3n) is 4.63. The smallest absolute Gasteiger partial charge is 0.207 e. The minimum Gasteiger partial charge on any atom is -0.419 e. The molecule has 1 rings (SSSR count). The van der Waals surface area contributed by atoms with Crippen LogP contribution in [-0.2, 0) is 9.46 Å². The van der Waals surface area contributed by atoms with E-state index in [9.17, 15) is 0 Å². The molecule has 1 nitrogen and oxygen atoms in total. The Kier molecular flexibility index (Phi) is 6.34. The van der Waals surface area contributed by atoms with Gasteiger partial charge in [0, 0.05) is 20.2 Å². The summed E-state index contributed by atoms with van der Waals surface area (Å²) in [4.78, 5) is 0. The topological polar surface area (TPSA) is 9.23 Å². The van der Waals surface area contributed by atoms with Crippen molar-refractivity contribution in [1.82, 2.24) is 0 Å². The molecule has 0 fully saturated rings. The number of halogens is 2. The maximum absolute atomic E-state index is 6.29. The Labute approximate surface area is 147 Å². The molecule has 0 atom stereocenters. The Morgan fingerprint density at radius 2 is 1.65 bits per heavy atom. The molecule has 0 aliphatic rings. The van der Waals surface area contributed by atoms with Crippen molar-refractivity contribution in [2.45, 2.75) is 57.7 Å². The Morgan fingerprint density at radius 3 is 2.05 bits per heavy atom. The minimum absolute atomic E-state index is 0.0457. The molecule has 0 radical (unpaired) electrons. The monoisotopic (exact) mass is 468 g/mol. The van der Waals surface area contributed by atoms with Gasteiger partial charge in [0.2, 0.25) is 8.32 Å². The molecule has 114 valence electrons. The van der Waals surface area contributed by atoms with Gasteiger partial charge in [-0.1, -0.05) is 57.5 Å². The largest absolute Gasteiger partial charge is 0.419 e. The second-order valence-electron chi connectivity index (χ2n) is 6.56. The highest BCUT2D eigenvalue weighted by Gasteiger charge is 2.54. The average molecular weight is 469 g/mol. The van der Waals surface area contributed by atoms with Gasteiger partial charge in [0.05, 0.1) is 0 Å². The molecule has 20 heavy (non-hydrogen) atoms. The molecule has 0 amide bonds. The number of hydrogen-bond acceptors (Lipinski definition) is 1. The average Bonchev–Trinajstić information content (AvgIpc) is 2.32. The van der Waals surface area contributed by atoms with Crippen molar-refractivity contribution in [2.24, 2.45) is 0 Å². The van der Waals surface area contributed by atoms with Gasteiger partial charge in [0.1, 0.15) is 0 Å². The highest BCUT2D eigenvalue weighted by atomic mass is 127. The van der Waals surface area contributed by atoms with Gasteiger partial charge in [0.25, 0.3) is 0 Å². The Hall–Kier alpha value is 0.607. The predicted octanol–water partition coefficient (Wildman–Crippen LogP) is 6.28. The summed E-state index contributed by atoms with van der Waals surface area (Å²) in [5.41, 5.74) is 2.50. The van der Waals surface area contributed by atoms with E-state index in [1.165, 1.54) is 13.6 Å². The van der Waals surface area contributed by atoms with Crippen LogP contribution in [0, 0.1) is 3.57 Å². The van der Waals surface area contributed by atoms with Crippen molar-refractivity contribution < 1.29 is 4.43 Å². The first-order valence-electron chi connectivity index (χ1n) is 7.12. The molecule has 0 aliphatic heterocycles. The van der Waals surface area contributed by atoms with Gasteiger partial charge >= 0.3 is 0 Å². The Balaban J connectivity index is 3.55. The van der Waals surface area contributed by atoms with Crippen molar-refractivity contribution in [1.29, 1.82) is 0 Å². The minimum atomic E-state index is -1.98. The first kappa shape index (κ1) is 18.7. The molecular weight excluding hydrogens is 443 g/mol. The van der Waals surface area contributed by atoms with Crippen LogP contribution >= 0.6 is 38.5 Å². The molecule has 0 saturated heterocycles. The first-order chi connectivity index (χ1) is 9.11. The van der Waals surface area contributed by atoms with Crippen LogP contribution in [0.4, 0.5) is 0 Å². The molecule has 0 N–H and O–H groups in total. The molecule has 4 heteroatoms. The maximum atomic E-state index is 6.29. The van der Waals surface area contributed by atoms with E-state index in [2.05, 4.69) is 98.3 Å². The summed E-state index contributed by atoms with van der Waals surface area (Å²) < 4.78 is 8.76. The van der Waals surface area contributed by atoms with E-state index in [0.29, 0.717) is 11.1 Å². The van der Waals surface area contributed by atoms with Crippen molar-refractivity contribution in [3.05, 3.63) is 31.8 Å². The van der Waals surface area contributed by atoms with Gasteiger partial charge in [0.15, 0.2) is 0 Å². The number of hydrogen-bond donors (Lipinski definition) is 0. The predicted molar refractivity (Wildman–Crippen MR) is 103 cm³/mol. The fourth-order valence-corrected chi connectivity index (χ4v) is 11.7. The molecule has 0 heterocycles. The highest BCUT2D eigenvalue weighted by Crippen LogP contribution is 2.49. The summed E-state index contributed by atoms with van der Waals surface area (Å²) in [5, 5.41) is 0.0457. The summed E-state index contributed by atoms with van der Waals surface area (Å²) in [6, 6.07) is 6.61. The van der Waals surface area contributed by atoms with E-state index in [-0.39, 0.29) is 5.04 Å². The fourth-order valence-electron chi connectivity index (χ4n) is 4.02. The second-order valence-corrected chi connectivity index (χ2v) is 14.2. The zero-order chi connectivity index (χ0) is 15.7. The lowest BCUT2D eigenvalue weighted by atomic mass is 10.0. The van der Waals surface area contributed by atoms with Gasteiger partial charge in [-0.2, -0.15) is 0 Å². The summed E-state index contributed by atoms with van der Waals surface area (Å²) >= 11 is 6.14.